The molecule has 0 radical (unpaired) electrons. The van der Waals surface area contributed by atoms with Crippen LogP contribution >= 0.6 is 23.2 Å². The minimum Gasteiger partial charge on any atom is -0.470 e. The summed E-state index contributed by atoms with van der Waals surface area (Å²) < 4.78 is 34.0. The lowest BCUT2D eigenvalue weighted by Crippen LogP contribution is -2.16. The number of halogens is 2. The Morgan fingerprint density at radius 3 is 2.53 bits per heavy atom. The van der Waals surface area contributed by atoms with Crippen molar-refractivity contribution >= 4 is 50.2 Å². The van der Waals surface area contributed by atoms with Gasteiger partial charge in [0.15, 0.2) is 5.65 Å². The van der Waals surface area contributed by atoms with Crippen LogP contribution in [0.3, 0.4) is 0 Å². The van der Waals surface area contributed by atoms with Crippen LogP contribution in [0.1, 0.15) is 5.56 Å². The molecule has 0 fully saturated rings. The van der Waals surface area contributed by atoms with Crippen molar-refractivity contribution in [2.45, 2.75) is 11.5 Å². The van der Waals surface area contributed by atoms with E-state index < -0.39 is 10.0 Å². The van der Waals surface area contributed by atoms with Gasteiger partial charge in [0.25, 0.3) is 15.9 Å². The van der Waals surface area contributed by atoms with Gasteiger partial charge in [0.1, 0.15) is 17.0 Å². The summed E-state index contributed by atoms with van der Waals surface area (Å²) in [6.45, 7) is 0.175. The number of anilines is 1. The van der Waals surface area contributed by atoms with Crippen LogP contribution in [-0.4, -0.2) is 23.4 Å². The van der Waals surface area contributed by atoms with E-state index in [1.54, 1.807) is 12.1 Å². The third-order valence-corrected chi connectivity index (χ3v) is 6.38. The van der Waals surface area contributed by atoms with Gasteiger partial charge < -0.3 is 4.74 Å². The molecule has 0 saturated heterocycles. The predicted octanol–water partition coefficient (Wildman–Crippen LogP) is 4.71. The topological polar surface area (TPSA) is 94.1 Å². The van der Waals surface area contributed by atoms with Gasteiger partial charge in [-0.15, -0.1) is 0 Å². The molecule has 2 aromatic carbocycles. The first-order valence-electron chi connectivity index (χ1n) is 8.70. The number of aromatic nitrogens is 3. The first kappa shape index (κ1) is 20.3. The van der Waals surface area contributed by atoms with Gasteiger partial charge in [-0.25, -0.2) is 23.4 Å². The number of ether oxygens (including phenoxy) is 1. The minimum absolute atomic E-state index is 0.0149. The van der Waals surface area contributed by atoms with Crippen LogP contribution in [0.15, 0.2) is 71.8 Å². The molecule has 2 aromatic heterocycles. The van der Waals surface area contributed by atoms with Gasteiger partial charge in [-0.05, 0) is 29.8 Å². The number of rotatable bonds is 6. The fraction of sp³-hybridized carbons (Fsp3) is 0.0500. The normalized spacial score (nSPS) is 11.4. The second-order valence-electron chi connectivity index (χ2n) is 6.16. The first-order valence-corrected chi connectivity index (χ1v) is 10.9. The summed E-state index contributed by atoms with van der Waals surface area (Å²) >= 11 is 12.1. The summed E-state index contributed by atoms with van der Waals surface area (Å²) in [5.41, 5.74) is 1.61. The second-order valence-corrected chi connectivity index (χ2v) is 8.59. The molecule has 152 valence electrons. The van der Waals surface area contributed by atoms with Gasteiger partial charge in [-0.3, -0.25) is 4.72 Å². The maximum atomic E-state index is 12.9. The SMILES string of the molecule is O=S(=O)(Nc1nc2ncccc2nc1OCc1ccccc1)c1cccc(Cl)c1Cl. The van der Waals surface area contributed by atoms with E-state index in [-0.39, 0.29) is 38.9 Å². The number of sulfonamides is 1. The van der Waals surface area contributed by atoms with Gasteiger partial charge >= 0.3 is 0 Å². The number of nitrogens with zero attached hydrogens (tertiary/aromatic N) is 3. The molecule has 0 aliphatic rings. The highest BCUT2D eigenvalue weighted by Gasteiger charge is 2.23. The molecule has 30 heavy (non-hydrogen) atoms. The molecule has 0 amide bonds. The third kappa shape index (κ3) is 4.30. The zero-order valence-electron chi connectivity index (χ0n) is 15.3. The average molecular weight is 461 g/mol. The summed E-state index contributed by atoms with van der Waals surface area (Å²) in [4.78, 5) is 12.6. The fourth-order valence-electron chi connectivity index (χ4n) is 2.64. The standard InChI is InChI=1S/C20H14Cl2N4O3S/c21-14-8-4-10-16(17(14)22)30(27,28)26-19-20(29-12-13-6-2-1-3-7-13)24-15-9-5-11-23-18(15)25-19/h1-11H,12H2,(H,23,25,26). The van der Waals surface area contributed by atoms with Crippen LogP contribution in [0, 0.1) is 0 Å². The molecule has 10 heteroatoms. The molecule has 7 nitrogen and oxygen atoms in total. The van der Waals surface area contributed by atoms with E-state index in [2.05, 4.69) is 19.7 Å². The smallest absolute Gasteiger partial charge is 0.264 e. The van der Waals surface area contributed by atoms with E-state index >= 15 is 0 Å². The van der Waals surface area contributed by atoms with E-state index in [0.29, 0.717) is 5.52 Å². The predicted molar refractivity (Wildman–Crippen MR) is 115 cm³/mol. The molecule has 0 spiro atoms. The Labute approximate surface area is 182 Å². The highest BCUT2D eigenvalue weighted by atomic mass is 35.5. The van der Waals surface area contributed by atoms with Crippen molar-refractivity contribution in [3.63, 3.8) is 0 Å². The third-order valence-electron chi connectivity index (χ3n) is 4.06. The second kappa shape index (κ2) is 8.43. The van der Waals surface area contributed by atoms with E-state index in [1.807, 2.05) is 30.3 Å². The molecule has 4 rings (SSSR count). The van der Waals surface area contributed by atoms with Crippen molar-refractivity contribution in [2.24, 2.45) is 0 Å². The van der Waals surface area contributed by atoms with Crippen LogP contribution in [0.4, 0.5) is 5.82 Å². The number of pyridine rings is 1. The van der Waals surface area contributed by atoms with Crippen molar-refractivity contribution in [1.29, 1.82) is 0 Å². The summed E-state index contributed by atoms with van der Waals surface area (Å²) in [5.74, 6) is -0.0887. The summed E-state index contributed by atoms with van der Waals surface area (Å²) in [7, 11) is -4.12. The summed E-state index contributed by atoms with van der Waals surface area (Å²) in [5, 5.41) is 0.0247. The summed E-state index contributed by atoms with van der Waals surface area (Å²) in [6, 6.07) is 17.1. The van der Waals surface area contributed by atoms with Crippen molar-refractivity contribution in [3.05, 3.63) is 82.5 Å². The van der Waals surface area contributed by atoms with Crippen LogP contribution in [0.2, 0.25) is 10.0 Å². The van der Waals surface area contributed by atoms with E-state index in [4.69, 9.17) is 27.9 Å². The Kier molecular flexibility index (Phi) is 5.72. The van der Waals surface area contributed by atoms with Crippen LogP contribution in [0.5, 0.6) is 5.88 Å². The van der Waals surface area contributed by atoms with E-state index in [0.717, 1.165) is 5.56 Å². The van der Waals surface area contributed by atoms with E-state index in [1.165, 1.54) is 24.4 Å². The van der Waals surface area contributed by atoms with Gasteiger partial charge in [0.2, 0.25) is 5.82 Å². The monoisotopic (exact) mass is 460 g/mol. The molecule has 0 aliphatic carbocycles. The van der Waals surface area contributed by atoms with Crippen LogP contribution in [-0.2, 0) is 16.6 Å². The zero-order valence-corrected chi connectivity index (χ0v) is 17.6. The maximum absolute atomic E-state index is 12.9. The molecule has 0 aliphatic heterocycles. The van der Waals surface area contributed by atoms with Crippen LogP contribution < -0.4 is 9.46 Å². The average Bonchev–Trinajstić information content (AvgIpc) is 2.74. The lowest BCUT2D eigenvalue weighted by Gasteiger charge is -2.13. The van der Waals surface area contributed by atoms with Gasteiger partial charge in [-0.2, -0.15) is 0 Å². The lowest BCUT2D eigenvalue weighted by atomic mass is 10.2. The molecular weight excluding hydrogens is 447 g/mol. The Hall–Kier alpha value is -2.94. The largest absolute Gasteiger partial charge is 0.470 e. The van der Waals surface area contributed by atoms with Crippen molar-refractivity contribution < 1.29 is 13.2 Å². The van der Waals surface area contributed by atoms with Crippen LogP contribution in [0.25, 0.3) is 11.2 Å². The molecule has 0 bridgehead atoms. The molecule has 1 N–H and O–H groups in total. The highest BCUT2D eigenvalue weighted by molar-refractivity contribution is 7.92. The number of benzene rings is 2. The number of fused-ring (bicyclic) bond motifs is 1. The first-order chi connectivity index (χ1) is 14.4. The highest BCUT2D eigenvalue weighted by Crippen LogP contribution is 2.32. The van der Waals surface area contributed by atoms with Gasteiger partial charge in [-0.1, -0.05) is 59.6 Å². The van der Waals surface area contributed by atoms with Gasteiger partial charge in [0.05, 0.1) is 10.0 Å². The van der Waals surface area contributed by atoms with Crippen molar-refractivity contribution in [3.8, 4) is 5.88 Å². The molecule has 0 saturated carbocycles. The maximum Gasteiger partial charge on any atom is 0.264 e. The van der Waals surface area contributed by atoms with Crippen molar-refractivity contribution in [2.75, 3.05) is 4.72 Å². The Balaban J connectivity index is 1.73. The quantitative estimate of drug-likeness (QED) is 0.447. The summed E-state index contributed by atoms with van der Waals surface area (Å²) in [6.07, 6.45) is 1.54. The molecule has 0 unspecified atom stereocenters. The molecule has 0 atom stereocenters. The van der Waals surface area contributed by atoms with E-state index in [9.17, 15) is 8.42 Å². The molecular formula is C20H14Cl2N4O3S. The Morgan fingerprint density at radius 1 is 0.933 bits per heavy atom. The number of hydrogen-bond acceptors (Lipinski definition) is 6. The van der Waals surface area contributed by atoms with Gasteiger partial charge in [0, 0.05) is 6.20 Å². The Morgan fingerprint density at radius 2 is 1.73 bits per heavy atom. The zero-order chi connectivity index (χ0) is 21.1. The van der Waals surface area contributed by atoms with Crippen molar-refractivity contribution in [1.82, 2.24) is 15.0 Å². The molecule has 4 aromatic rings. The number of nitrogens with one attached hydrogen (secondary N) is 1. The number of hydrogen-bond donors (Lipinski definition) is 1. The lowest BCUT2D eigenvalue weighted by molar-refractivity contribution is 0.296. The molecule has 2 heterocycles. The Bertz CT molecular complexity index is 1320. The fourth-order valence-corrected chi connectivity index (χ4v) is 4.41. The minimum atomic E-state index is -4.12.